The number of hydrogen-bond acceptors (Lipinski definition) is 7. The lowest BCUT2D eigenvalue weighted by Gasteiger charge is -2.28. The number of amides is 1. The number of benzene rings is 1. The van der Waals surface area contributed by atoms with Crippen LogP contribution in [0.4, 0.5) is 5.82 Å². The van der Waals surface area contributed by atoms with Gasteiger partial charge < -0.3 is 14.6 Å². The predicted molar refractivity (Wildman–Crippen MR) is 107 cm³/mol. The third-order valence-corrected chi connectivity index (χ3v) is 6.44. The molecule has 1 aromatic heterocycles. The van der Waals surface area contributed by atoms with Gasteiger partial charge in [-0.1, -0.05) is 23.4 Å². The first-order valence-electron chi connectivity index (χ1n) is 9.53. The van der Waals surface area contributed by atoms with E-state index in [1.54, 1.807) is 31.2 Å². The summed E-state index contributed by atoms with van der Waals surface area (Å²) in [5.41, 5.74) is 0. The second kappa shape index (κ2) is 9.97. The summed E-state index contributed by atoms with van der Waals surface area (Å²) in [5, 5.41) is 6.29. The minimum atomic E-state index is -3.80. The molecule has 1 aliphatic rings. The van der Waals surface area contributed by atoms with E-state index < -0.39 is 15.9 Å². The number of anilines is 1. The van der Waals surface area contributed by atoms with Crippen LogP contribution in [0.25, 0.3) is 0 Å². The normalized spacial score (nSPS) is 15.5. The van der Waals surface area contributed by atoms with Crippen LogP contribution in [0.1, 0.15) is 12.2 Å². The number of carbonyl (C=O) groups is 1. The lowest BCUT2D eigenvalue weighted by atomic mass is 10.3. The highest BCUT2D eigenvalue weighted by atomic mass is 32.2. The lowest BCUT2D eigenvalue weighted by molar-refractivity contribution is -0.116. The minimum Gasteiger partial charge on any atom is -0.379 e. The fourth-order valence-electron chi connectivity index (χ4n) is 3.09. The van der Waals surface area contributed by atoms with E-state index in [1.165, 1.54) is 16.4 Å². The van der Waals surface area contributed by atoms with Crippen LogP contribution < -0.4 is 5.32 Å². The molecule has 0 unspecified atom stereocenters. The van der Waals surface area contributed by atoms with Crippen molar-refractivity contribution >= 4 is 21.7 Å². The molecule has 3 rings (SSSR count). The van der Waals surface area contributed by atoms with Crippen LogP contribution in [0.15, 0.2) is 45.8 Å². The average Bonchev–Trinajstić information content (AvgIpc) is 3.13. The van der Waals surface area contributed by atoms with Crippen molar-refractivity contribution in [1.82, 2.24) is 14.4 Å². The van der Waals surface area contributed by atoms with Crippen LogP contribution in [0.3, 0.4) is 0 Å². The lowest BCUT2D eigenvalue weighted by Crippen LogP contribution is -2.41. The number of nitrogens with zero attached hydrogens (tertiary/aromatic N) is 3. The third kappa shape index (κ3) is 6.10. The molecule has 0 aliphatic carbocycles. The molecule has 0 bridgehead atoms. The molecule has 1 aromatic carbocycles. The highest BCUT2D eigenvalue weighted by Gasteiger charge is 2.27. The summed E-state index contributed by atoms with van der Waals surface area (Å²) in [5.74, 6) is 0.349. The number of hydrogen-bond donors (Lipinski definition) is 1. The van der Waals surface area contributed by atoms with Crippen molar-refractivity contribution in [2.24, 2.45) is 0 Å². The monoisotopic (exact) mass is 422 g/mol. The summed E-state index contributed by atoms with van der Waals surface area (Å²) in [6.45, 7) is 5.42. The molecule has 1 fully saturated rings. The smallest absolute Gasteiger partial charge is 0.243 e. The summed E-state index contributed by atoms with van der Waals surface area (Å²) >= 11 is 0. The van der Waals surface area contributed by atoms with E-state index in [0.29, 0.717) is 25.4 Å². The second-order valence-electron chi connectivity index (χ2n) is 6.83. The molecule has 1 N–H and O–H groups in total. The highest BCUT2D eigenvalue weighted by molar-refractivity contribution is 7.89. The zero-order chi connectivity index (χ0) is 20.7. The molecule has 0 saturated carbocycles. The van der Waals surface area contributed by atoms with Gasteiger partial charge in [0.2, 0.25) is 15.9 Å². The molecule has 1 saturated heterocycles. The summed E-state index contributed by atoms with van der Waals surface area (Å²) in [4.78, 5) is 14.8. The fourth-order valence-corrected chi connectivity index (χ4v) is 4.54. The molecule has 2 heterocycles. The zero-order valence-electron chi connectivity index (χ0n) is 16.4. The second-order valence-corrected chi connectivity index (χ2v) is 8.77. The molecule has 29 heavy (non-hydrogen) atoms. The van der Waals surface area contributed by atoms with Crippen LogP contribution in [0.2, 0.25) is 0 Å². The van der Waals surface area contributed by atoms with Gasteiger partial charge >= 0.3 is 0 Å². The summed E-state index contributed by atoms with van der Waals surface area (Å²) in [6, 6.07) is 9.72. The van der Waals surface area contributed by atoms with E-state index in [1.807, 2.05) is 0 Å². The summed E-state index contributed by atoms with van der Waals surface area (Å²) in [6.07, 6.45) is 0.614. The van der Waals surface area contributed by atoms with Gasteiger partial charge in [-0.05, 0) is 32.0 Å². The van der Waals surface area contributed by atoms with Crippen molar-refractivity contribution in [2.75, 3.05) is 51.3 Å². The van der Waals surface area contributed by atoms with Gasteiger partial charge in [-0.25, -0.2) is 8.42 Å². The van der Waals surface area contributed by atoms with E-state index in [9.17, 15) is 13.2 Å². The molecule has 0 radical (unpaired) electrons. The largest absolute Gasteiger partial charge is 0.379 e. The average molecular weight is 423 g/mol. The van der Waals surface area contributed by atoms with Crippen molar-refractivity contribution in [2.45, 2.75) is 18.2 Å². The zero-order valence-corrected chi connectivity index (χ0v) is 17.2. The quantitative estimate of drug-likeness (QED) is 0.650. The number of nitrogens with one attached hydrogen (secondary N) is 1. The van der Waals surface area contributed by atoms with Crippen LogP contribution in [0, 0.1) is 6.92 Å². The van der Waals surface area contributed by atoms with Gasteiger partial charge in [-0.3, -0.25) is 9.69 Å². The fraction of sp³-hybridized carbons (Fsp3) is 0.474. The molecule has 9 nitrogen and oxygen atoms in total. The maximum atomic E-state index is 13.1. The molecular formula is C19H26N4O5S. The molecule has 0 spiro atoms. The Kier molecular flexibility index (Phi) is 7.37. The van der Waals surface area contributed by atoms with Crippen LogP contribution in [0.5, 0.6) is 0 Å². The van der Waals surface area contributed by atoms with Crippen molar-refractivity contribution in [3.8, 4) is 0 Å². The van der Waals surface area contributed by atoms with E-state index in [4.69, 9.17) is 9.26 Å². The number of sulfonamides is 1. The Balaban J connectivity index is 1.67. The molecule has 0 atom stereocenters. The van der Waals surface area contributed by atoms with E-state index in [2.05, 4.69) is 15.4 Å². The Morgan fingerprint density at radius 1 is 1.24 bits per heavy atom. The van der Waals surface area contributed by atoms with E-state index in [-0.39, 0.29) is 23.8 Å². The van der Waals surface area contributed by atoms with Gasteiger partial charge in [-0.2, -0.15) is 4.31 Å². The van der Waals surface area contributed by atoms with Gasteiger partial charge in [0.1, 0.15) is 5.76 Å². The first-order chi connectivity index (χ1) is 13.9. The third-order valence-electron chi connectivity index (χ3n) is 4.58. The number of ether oxygens (including phenoxy) is 1. The topological polar surface area (TPSA) is 105 Å². The van der Waals surface area contributed by atoms with Crippen molar-refractivity contribution in [3.63, 3.8) is 0 Å². The number of aromatic nitrogens is 1. The Labute approximate surface area is 170 Å². The van der Waals surface area contributed by atoms with Crippen LogP contribution in [-0.4, -0.2) is 74.6 Å². The minimum absolute atomic E-state index is 0.163. The Bertz CT molecular complexity index is 894. The van der Waals surface area contributed by atoms with Crippen LogP contribution >= 0.6 is 0 Å². The molecule has 2 aromatic rings. The van der Waals surface area contributed by atoms with Gasteiger partial charge in [0.05, 0.1) is 24.7 Å². The molecule has 1 amide bonds. The SMILES string of the molecule is Cc1cc(NC(=O)CN(CCCN2CCOCC2)S(=O)(=O)c2ccccc2)no1. The van der Waals surface area contributed by atoms with Crippen molar-refractivity contribution < 1.29 is 22.5 Å². The summed E-state index contributed by atoms with van der Waals surface area (Å²) < 4.78 is 37.6. The van der Waals surface area contributed by atoms with Crippen molar-refractivity contribution in [3.05, 3.63) is 42.2 Å². The van der Waals surface area contributed by atoms with Gasteiger partial charge in [-0.15, -0.1) is 0 Å². The summed E-state index contributed by atoms with van der Waals surface area (Å²) in [7, 11) is -3.80. The number of aryl methyl sites for hydroxylation is 1. The Morgan fingerprint density at radius 3 is 2.62 bits per heavy atom. The predicted octanol–water partition coefficient (Wildman–Crippen LogP) is 1.33. The Morgan fingerprint density at radius 2 is 1.97 bits per heavy atom. The van der Waals surface area contributed by atoms with Gasteiger partial charge in [0.25, 0.3) is 0 Å². The molecule has 158 valence electrons. The van der Waals surface area contributed by atoms with E-state index >= 15 is 0 Å². The Hall–Kier alpha value is -2.27. The van der Waals surface area contributed by atoms with Crippen LogP contribution in [-0.2, 0) is 19.6 Å². The standard InChI is InChI=1S/C19H26N4O5S/c1-16-14-18(21-28-16)20-19(24)15-23(9-5-8-22-10-12-27-13-11-22)29(25,26)17-6-3-2-4-7-17/h2-4,6-7,14H,5,8-13,15H2,1H3,(H,20,21,24). The number of rotatable bonds is 9. The van der Waals surface area contributed by atoms with E-state index in [0.717, 1.165) is 19.6 Å². The first-order valence-corrected chi connectivity index (χ1v) is 11.0. The maximum absolute atomic E-state index is 13.1. The van der Waals surface area contributed by atoms with Crippen molar-refractivity contribution in [1.29, 1.82) is 0 Å². The van der Waals surface area contributed by atoms with Gasteiger partial charge in [0.15, 0.2) is 5.82 Å². The van der Waals surface area contributed by atoms with Gasteiger partial charge in [0, 0.05) is 25.7 Å². The maximum Gasteiger partial charge on any atom is 0.243 e. The highest BCUT2D eigenvalue weighted by Crippen LogP contribution is 2.16. The molecule has 10 heteroatoms. The molecular weight excluding hydrogens is 396 g/mol. The molecule has 1 aliphatic heterocycles. The number of carbonyl (C=O) groups excluding carboxylic acids is 1. The first kappa shape index (κ1) is 21.4. The number of morpholine rings is 1.